The van der Waals surface area contributed by atoms with Gasteiger partial charge in [0.1, 0.15) is 17.2 Å². The summed E-state index contributed by atoms with van der Waals surface area (Å²) in [6, 6.07) is 9.15. The van der Waals surface area contributed by atoms with Crippen molar-refractivity contribution in [3.63, 3.8) is 0 Å². The monoisotopic (exact) mass is 664 g/mol. The van der Waals surface area contributed by atoms with Crippen LogP contribution in [0.4, 0.5) is 4.79 Å². The van der Waals surface area contributed by atoms with Crippen LogP contribution in [0.5, 0.6) is 5.75 Å². The van der Waals surface area contributed by atoms with Gasteiger partial charge < -0.3 is 14.7 Å². The summed E-state index contributed by atoms with van der Waals surface area (Å²) in [5.74, 6) is -3.51. The van der Waals surface area contributed by atoms with Gasteiger partial charge in [-0.3, -0.25) is 25.0 Å². The molecule has 44 heavy (non-hydrogen) atoms. The van der Waals surface area contributed by atoms with E-state index in [1.54, 1.807) is 6.92 Å². The highest BCUT2D eigenvalue weighted by atomic mass is 32.2. The lowest BCUT2D eigenvalue weighted by Gasteiger charge is -2.41. The largest absolute Gasteiger partial charge is 0.479 e. The number of nitrogens with zero attached hydrogens (tertiary/aromatic N) is 2. The van der Waals surface area contributed by atoms with Gasteiger partial charge in [0.05, 0.1) is 4.90 Å². The molecule has 2 aromatic carbocycles. The molecule has 13 nitrogen and oxygen atoms in total. The maximum Gasteiger partial charge on any atom is 0.414 e. The predicted molar refractivity (Wildman–Crippen MR) is 164 cm³/mol. The molecule has 2 aliphatic rings. The molecule has 2 heterocycles. The number of nitrogens with one attached hydrogen (secondary N) is 2. The van der Waals surface area contributed by atoms with Gasteiger partial charge >= 0.3 is 12.1 Å². The number of carboxylic acid groups (broad SMARTS) is 1. The second-order valence-electron chi connectivity index (χ2n) is 10.3. The zero-order valence-electron chi connectivity index (χ0n) is 24.1. The molecule has 0 aliphatic carbocycles. The average molecular weight is 665 g/mol. The van der Waals surface area contributed by atoms with Gasteiger partial charge in [-0.15, -0.1) is 11.8 Å². The van der Waals surface area contributed by atoms with Crippen molar-refractivity contribution in [3.05, 3.63) is 59.7 Å². The lowest BCUT2D eigenvalue weighted by molar-refractivity contribution is -0.160. The minimum absolute atomic E-state index is 0.104. The van der Waals surface area contributed by atoms with Crippen LogP contribution in [0.1, 0.15) is 11.1 Å². The van der Waals surface area contributed by atoms with Crippen molar-refractivity contribution in [2.75, 3.05) is 38.7 Å². The fourth-order valence-electron chi connectivity index (χ4n) is 4.67. The fraction of sp³-hybridized carbons (Fsp3) is 0.393. The van der Waals surface area contributed by atoms with E-state index in [4.69, 9.17) is 4.74 Å². The van der Waals surface area contributed by atoms with Crippen LogP contribution >= 0.6 is 23.5 Å². The molecule has 2 saturated heterocycles. The first-order chi connectivity index (χ1) is 20.8. The number of carbonyl (C=O) groups is 5. The predicted octanol–water partition coefficient (Wildman–Crippen LogP) is 1.10. The molecule has 2 amide bonds. The highest BCUT2D eigenvalue weighted by Crippen LogP contribution is 2.35. The van der Waals surface area contributed by atoms with Crippen LogP contribution in [0, 0.1) is 6.92 Å². The molecule has 16 heteroatoms. The Morgan fingerprint density at radius 1 is 1.00 bits per heavy atom. The molecule has 2 fully saturated rings. The van der Waals surface area contributed by atoms with Crippen molar-refractivity contribution in [1.82, 2.24) is 19.8 Å². The molecular formula is C28H32N4O9S3. The number of ether oxygens (including phenoxy) is 1. The third-order valence-electron chi connectivity index (χ3n) is 6.95. The Bertz CT molecular complexity index is 1540. The quantitative estimate of drug-likeness (QED) is 0.308. The molecule has 236 valence electrons. The standard InChI is InChI=1S/C28H32N4O9S3/c1-17-4-10-20(11-5-17)44(39,40)32(24(34)23-30-13-14-42-23)28(26(36)37,22(33)21-25(35)43-15-12-29-21)16-18-6-8-19(9-7-18)41-27(38)31(2)3/h4-11,21,23,29-30H,12-16H2,1-3H3,(H,36,37)/t21?,23-,28+/m0/s1. The number of aryl methyl sites for hydroxylation is 1. The van der Waals surface area contributed by atoms with Gasteiger partial charge in [0.15, 0.2) is 5.78 Å². The zero-order valence-corrected chi connectivity index (χ0v) is 26.6. The maximum absolute atomic E-state index is 14.4. The number of ketones is 1. The number of amides is 2. The topological polar surface area (TPSA) is 179 Å². The number of sulfonamides is 1. The van der Waals surface area contributed by atoms with Gasteiger partial charge in [-0.05, 0) is 36.8 Å². The molecule has 2 aliphatic heterocycles. The number of Topliss-reactive ketones (excluding diaryl/α,β-unsaturated/α-hetero) is 1. The van der Waals surface area contributed by atoms with Crippen LogP contribution in [-0.2, 0) is 35.6 Å². The Balaban J connectivity index is 1.93. The van der Waals surface area contributed by atoms with Crippen molar-refractivity contribution >= 4 is 62.4 Å². The van der Waals surface area contributed by atoms with Gasteiger partial charge in [-0.25, -0.2) is 22.3 Å². The Hall–Kier alpha value is -3.44. The molecule has 3 N–H and O–H groups in total. The lowest BCUT2D eigenvalue weighted by Crippen LogP contribution is -2.71. The molecule has 3 atom stereocenters. The summed E-state index contributed by atoms with van der Waals surface area (Å²) in [6.45, 7) is 2.24. The average Bonchev–Trinajstić information content (AvgIpc) is 3.53. The highest BCUT2D eigenvalue weighted by Gasteiger charge is 2.61. The van der Waals surface area contributed by atoms with Gasteiger partial charge in [0.2, 0.25) is 10.7 Å². The van der Waals surface area contributed by atoms with Gasteiger partial charge in [0, 0.05) is 45.1 Å². The van der Waals surface area contributed by atoms with Gasteiger partial charge in [0.25, 0.3) is 15.9 Å². The van der Waals surface area contributed by atoms with Crippen LogP contribution in [0.25, 0.3) is 0 Å². The van der Waals surface area contributed by atoms with Crippen molar-refractivity contribution in [2.45, 2.75) is 35.2 Å². The van der Waals surface area contributed by atoms with Crippen molar-refractivity contribution in [3.8, 4) is 5.75 Å². The van der Waals surface area contributed by atoms with E-state index in [2.05, 4.69) is 10.6 Å². The van der Waals surface area contributed by atoms with E-state index in [0.29, 0.717) is 23.6 Å². The SMILES string of the molecule is Cc1ccc(S(=O)(=O)N(C(=O)[C@H]2NCCS2)[C@@](Cc2ccc(OC(=O)N(C)C)cc2)(C(=O)O)C(=O)C2NCCSC2=O)cc1. The summed E-state index contributed by atoms with van der Waals surface area (Å²) < 4.78 is 34.1. The Morgan fingerprint density at radius 3 is 2.18 bits per heavy atom. The summed E-state index contributed by atoms with van der Waals surface area (Å²) in [5, 5.41) is 14.6. The zero-order chi connectivity index (χ0) is 32.2. The summed E-state index contributed by atoms with van der Waals surface area (Å²) in [7, 11) is -2.03. The van der Waals surface area contributed by atoms with Crippen molar-refractivity contribution in [1.29, 1.82) is 0 Å². The normalized spacial score (nSPS) is 19.9. The Kier molecular flexibility index (Phi) is 10.4. The number of thioether (sulfide) groups is 2. The van der Waals surface area contributed by atoms with Gasteiger partial charge in [-0.1, -0.05) is 41.6 Å². The summed E-state index contributed by atoms with van der Waals surface area (Å²) in [5.41, 5.74) is -2.25. The summed E-state index contributed by atoms with van der Waals surface area (Å²) >= 11 is 1.89. The number of hydrogen-bond acceptors (Lipinski definition) is 12. The van der Waals surface area contributed by atoms with E-state index in [-0.39, 0.29) is 22.2 Å². The Morgan fingerprint density at radius 2 is 1.64 bits per heavy atom. The highest BCUT2D eigenvalue weighted by molar-refractivity contribution is 8.13. The van der Waals surface area contributed by atoms with Crippen LogP contribution in [0.15, 0.2) is 53.4 Å². The summed E-state index contributed by atoms with van der Waals surface area (Å²) in [4.78, 5) is 67.8. The number of carbonyl (C=O) groups excluding carboxylic acids is 4. The number of hydrogen-bond donors (Lipinski definition) is 3. The first-order valence-corrected chi connectivity index (χ1v) is 16.9. The first-order valence-electron chi connectivity index (χ1n) is 13.5. The lowest BCUT2D eigenvalue weighted by atomic mass is 9.83. The molecule has 1 unspecified atom stereocenters. The van der Waals surface area contributed by atoms with E-state index >= 15 is 0 Å². The van der Waals surface area contributed by atoms with Crippen LogP contribution in [0.2, 0.25) is 0 Å². The van der Waals surface area contributed by atoms with Crippen LogP contribution < -0.4 is 15.4 Å². The minimum Gasteiger partial charge on any atom is -0.479 e. The number of benzene rings is 2. The van der Waals surface area contributed by atoms with E-state index in [9.17, 15) is 37.5 Å². The van der Waals surface area contributed by atoms with E-state index < -0.39 is 67.2 Å². The van der Waals surface area contributed by atoms with Gasteiger partial charge in [-0.2, -0.15) is 0 Å². The Labute approximate surface area is 263 Å². The third kappa shape index (κ3) is 6.78. The molecule has 0 aromatic heterocycles. The van der Waals surface area contributed by atoms with E-state index in [0.717, 1.165) is 23.5 Å². The molecule has 2 aromatic rings. The molecule has 4 rings (SSSR count). The van der Waals surface area contributed by atoms with Crippen LogP contribution in [-0.4, -0.2) is 107 Å². The fourth-order valence-corrected chi connectivity index (χ4v) is 8.14. The molecule has 0 radical (unpaired) electrons. The summed E-state index contributed by atoms with van der Waals surface area (Å²) in [6.07, 6.45) is -1.48. The smallest absolute Gasteiger partial charge is 0.414 e. The van der Waals surface area contributed by atoms with Crippen molar-refractivity contribution in [2.24, 2.45) is 0 Å². The number of carboxylic acids is 1. The maximum atomic E-state index is 14.4. The molecule has 0 spiro atoms. The molecule has 0 bridgehead atoms. The van der Waals surface area contributed by atoms with E-state index in [1.165, 1.54) is 67.5 Å². The number of aliphatic carboxylic acids is 1. The molecular weight excluding hydrogens is 633 g/mol. The first kappa shape index (κ1) is 33.5. The second-order valence-corrected chi connectivity index (χ2v) is 14.4. The number of rotatable bonds is 10. The minimum atomic E-state index is -5.00. The molecule has 0 saturated carbocycles. The second kappa shape index (κ2) is 13.7. The van der Waals surface area contributed by atoms with E-state index in [1.807, 2.05) is 0 Å². The van der Waals surface area contributed by atoms with Crippen molar-refractivity contribution < 1.29 is 42.2 Å². The third-order valence-corrected chi connectivity index (χ3v) is 10.9. The van der Waals surface area contributed by atoms with Crippen LogP contribution in [0.3, 0.4) is 0 Å².